The maximum absolute atomic E-state index is 14.4. The van der Waals surface area contributed by atoms with Gasteiger partial charge in [0.25, 0.3) is 11.8 Å². The average Bonchev–Trinajstić information content (AvgIpc) is 3.52. The van der Waals surface area contributed by atoms with Crippen molar-refractivity contribution in [3.05, 3.63) is 102 Å². The summed E-state index contributed by atoms with van der Waals surface area (Å²) in [6.07, 6.45) is -0.0308. The van der Waals surface area contributed by atoms with Crippen LogP contribution in [-0.4, -0.2) is 42.7 Å². The number of rotatable bonds is 6. The average molecular weight is 579 g/mol. The van der Waals surface area contributed by atoms with E-state index in [2.05, 4.69) is 0 Å². The van der Waals surface area contributed by atoms with Gasteiger partial charge in [-0.3, -0.25) is 14.5 Å². The van der Waals surface area contributed by atoms with Crippen LogP contribution in [0.1, 0.15) is 34.8 Å². The van der Waals surface area contributed by atoms with Crippen LogP contribution in [0.3, 0.4) is 0 Å². The summed E-state index contributed by atoms with van der Waals surface area (Å²) in [6, 6.07) is 27.3. The minimum absolute atomic E-state index is 0.0464. The van der Waals surface area contributed by atoms with Crippen LogP contribution in [0.4, 0.5) is 17.1 Å². The molecule has 0 saturated carbocycles. The fraction of sp³-hybridized carbons (Fsp3) is 0.294. The maximum Gasteiger partial charge on any atom is 0.264 e. The maximum atomic E-state index is 14.4. The number of anilines is 3. The highest BCUT2D eigenvalue weighted by Crippen LogP contribution is 2.59. The van der Waals surface area contributed by atoms with Gasteiger partial charge in [0.05, 0.1) is 29.6 Å². The highest BCUT2D eigenvalue weighted by molar-refractivity contribution is 6.71. The Morgan fingerprint density at radius 1 is 0.905 bits per heavy atom. The van der Waals surface area contributed by atoms with Gasteiger partial charge in [-0.2, -0.15) is 0 Å². The Morgan fingerprint density at radius 3 is 2.31 bits per heavy atom. The number of hydrogen-bond donors (Lipinski definition) is 2. The van der Waals surface area contributed by atoms with Gasteiger partial charge in [-0.05, 0) is 60.8 Å². The van der Waals surface area contributed by atoms with E-state index in [0.717, 1.165) is 39.0 Å². The fourth-order valence-electron chi connectivity index (χ4n) is 7.69. The molecule has 7 rings (SSSR count). The van der Waals surface area contributed by atoms with Crippen LogP contribution in [0.25, 0.3) is 10.8 Å². The van der Waals surface area contributed by atoms with Gasteiger partial charge in [-0.15, -0.1) is 0 Å². The second-order valence-electron chi connectivity index (χ2n) is 12.3. The first-order chi connectivity index (χ1) is 20.2. The molecular weight excluding hydrogens is 544 g/mol. The predicted octanol–water partition coefficient (Wildman–Crippen LogP) is 5.86. The van der Waals surface area contributed by atoms with Crippen molar-refractivity contribution in [2.24, 2.45) is 5.92 Å². The Morgan fingerprint density at radius 2 is 1.60 bits per heavy atom. The summed E-state index contributed by atoms with van der Waals surface area (Å²) in [5, 5.41) is 11.8. The number of para-hydroxylation sites is 1. The topological polar surface area (TPSA) is 90.3 Å². The molecule has 0 aliphatic carbocycles. The summed E-state index contributed by atoms with van der Waals surface area (Å²) in [6.45, 7) is 6.04. The number of aliphatic hydroxyl groups excluding tert-OH is 1. The van der Waals surface area contributed by atoms with Gasteiger partial charge in [-0.1, -0.05) is 61.5 Å². The van der Waals surface area contributed by atoms with Crippen molar-refractivity contribution in [3.63, 3.8) is 0 Å². The molecule has 3 heterocycles. The van der Waals surface area contributed by atoms with Crippen LogP contribution >= 0.6 is 0 Å². The summed E-state index contributed by atoms with van der Waals surface area (Å²) >= 11 is 0. The SMILES string of the molecule is C[C@@H]1[C@@H]([Si](C)(C)O)[C@H](CCO)O[C@@]12C(=O)N(Cc1ccc(N3C(=O)c4cccc5cccc3c45)cc1)c1ccccc12. The van der Waals surface area contributed by atoms with Crippen molar-refractivity contribution in [3.8, 4) is 0 Å². The number of amides is 2. The molecule has 4 aromatic rings. The zero-order valence-corrected chi connectivity index (χ0v) is 24.9. The number of carbonyl (C=O) groups excluding carboxylic acids is 2. The monoisotopic (exact) mass is 578 g/mol. The number of ether oxygens (including phenoxy) is 1. The van der Waals surface area contributed by atoms with E-state index in [0.29, 0.717) is 18.5 Å². The third-order valence-electron chi connectivity index (χ3n) is 9.40. The summed E-state index contributed by atoms with van der Waals surface area (Å²) in [5.41, 5.74) is 3.48. The lowest BCUT2D eigenvalue weighted by molar-refractivity contribution is -0.146. The Balaban J connectivity index is 1.21. The zero-order valence-electron chi connectivity index (χ0n) is 23.9. The third kappa shape index (κ3) is 3.76. The molecule has 3 aliphatic rings. The van der Waals surface area contributed by atoms with E-state index in [1.54, 1.807) is 9.80 Å². The van der Waals surface area contributed by atoms with Crippen LogP contribution in [-0.2, 0) is 21.7 Å². The predicted molar refractivity (Wildman–Crippen MR) is 165 cm³/mol. The minimum Gasteiger partial charge on any atom is -0.432 e. The molecule has 1 spiro atoms. The number of aliphatic hydroxyl groups is 1. The lowest BCUT2D eigenvalue weighted by atomic mass is 9.82. The van der Waals surface area contributed by atoms with Gasteiger partial charge >= 0.3 is 0 Å². The summed E-state index contributed by atoms with van der Waals surface area (Å²) < 4.78 is 6.64. The summed E-state index contributed by atoms with van der Waals surface area (Å²) in [4.78, 5) is 42.6. The molecule has 214 valence electrons. The van der Waals surface area contributed by atoms with E-state index in [1.807, 2.05) is 105 Å². The minimum atomic E-state index is -2.73. The molecule has 0 unspecified atom stereocenters. The van der Waals surface area contributed by atoms with Crippen LogP contribution < -0.4 is 9.80 Å². The van der Waals surface area contributed by atoms with E-state index in [1.165, 1.54) is 0 Å². The number of benzene rings is 4. The zero-order chi connectivity index (χ0) is 29.4. The Kier molecular flexibility index (Phi) is 6.18. The first kappa shape index (κ1) is 27.0. The molecule has 42 heavy (non-hydrogen) atoms. The van der Waals surface area contributed by atoms with Gasteiger partial charge in [0, 0.05) is 34.7 Å². The first-order valence-electron chi connectivity index (χ1n) is 14.5. The molecular formula is C34H34N2O5Si. The van der Waals surface area contributed by atoms with Gasteiger partial charge in [-0.25, -0.2) is 0 Å². The second kappa shape index (κ2) is 9.60. The summed E-state index contributed by atoms with van der Waals surface area (Å²) in [5.74, 6) is -0.442. The Labute approximate surface area is 246 Å². The smallest absolute Gasteiger partial charge is 0.264 e. The van der Waals surface area contributed by atoms with Crippen molar-refractivity contribution in [2.45, 2.75) is 50.2 Å². The first-order valence-corrected chi connectivity index (χ1v) is 17.6. The normalized spacial score (nSPS) is 24.8. The number of hydrogen-bond acceptors (Lipinski definition) is 5. The van der Waals surface area contributed by atoms with E-state index < -0.39 is 20.0 Å². The highest BCUT2D eigenvalue weighted by Gasteiger charge is 2.66. The van der Waals surface area contributed by atoms with E-state index >= 15 is 0 Å². The van der Waals surface area contributed by atoms with E-state index in [4.69, 9.17) is 4.74 Å². The van der Waals surface area contributed by atoms with Crippen molar-refractivity contribution >= 4 is 48.0 Å². The lowest BCUT2D eigenvalue weighted by Crippen LogP contribution is -2.46. The largest absolute Gasteiger partial charge is 0.432 e. The molecule has 1 fully saturated rings. The van der Waals surface area contributed by atoms with Crippen molar-refractivity contribution < 1.29 is 24.2 Å². The molecule has 0 aromatic heterocycles. The fourth-order valence-corrected chi connectivity index (χ4v) is 10.3. The molecule has 0 radical (unpaired) electrons. The van der Waals surface area contributed by atoms with Gasteiger partial charge in [0.2, 0.25) is 0 Å². The van der Waals surface area contributed by atoms with Crippen molar-refractivity contribution in [2.75, 3.05) is 16.4 Å². The lowest BCUT2D eigenvalue weighted by Gasteiger charge is -2.32. The molecule has 4 aromatic carbocycles. The Hall–Kier alpha value is -3.82. The molecule has 2 amide bonds. The van der Waals surface area contributed by atoms with Crippen LogP contribution in [0.2, 0.25) is 18.6 Å². The molecule has 2 N–H and O–H groups in total. The van der Waals surface area contributed by atoms with E-state index in [-0.39, 0.29) is 29.9 Å². The third-order valence-corrected chi connectivity index (χ3v) is 11.9. The van der Waals surface area contributed by atoms with Gasteiger partial charge in [0.15, 0.2) is 13.9 Å². The van der Waals surface area contributed by atoms with Gasteiger partial charge < -0.3 is 19.5 Å². The number of fused-ring (bicyclic) bond motifs is 2. The quantitative estimate of drug-likeness (QED) is 0.280. The second-order valence-corrected chi connectivity index (χ2v) is 16.2. The van der Waals surface area contributed by atoms with Crippen LogP contribution in [0, 0.1) is 5.92 Å². The van der Waals surface area contributed by atoms with Crippen LogP contribution in [0.15, 0.2) is 84.9 Å². The highest BCUT2D eigenvalue weighted by atomic mass is 28.4. The van der Waals surface area contributed by atoms with Crippen molar-refractivity contribution in [1.29, 1.82) is 0 Å². The molecule has 4 atom stereocenters. The summed E-state index contributed by atoms with van der Waals surface area (Å²) in [7, 11) is -2.73. The molecule has 0 bridgehead atoms. The van der Waals surface area contributed by atoms with Crippen LogP contribution in [0.5, 0.6) is 0 Å². The molecule has 1 saturated heterocycles. The van der Waals surface area contributed by atoms with Gasteiger partial charge in [0.1, 0.15) is 0 Å². The molecule has 8 heteroatoms. The Bertz CT molecular complexity index is 1730. The molecule has 3 aliphatic heterocycles. The number of nitrogens with zero attached hydrogens (tertiary/aromatic N) is 2. The number of carbonyl (C=O) groups is 2. The molecule has 7 nitrogen and oxygen atoms in total. The van der Waals surface area contributed by atoms with Crippen molar-refractivity contribution in [1.82, 2.24) is 0 Å². The standard InChI is InChI=1S/C34H34N2O5Si/c1-21-31(42(2,3)40)29(18-19-37)41-34(21)26-11-4-5-12-27(26)35(33(34)39)20-22-14-16-24(17-15-22)36-28-13-7-9-23-8-6-10-25(30(23)28)32(36)38/h4-17,21,29,31,37,40H,18-20H2,1-3H3/t21-,29+,31-,34+/m1/s1. The van der Waals surface area contributed by atoms with E-state index in [9.17, 15) is 19.5 Å².